The molecule has 0 aliphatic carbocycles. The number of carbonyl (C=O) groups excluding carboxylic acids is 1. The molecule has 1 aliphatic heterocycles. The smallest absolute Gasteiger partial charge is 0.410 e. The molecule has 3 rings (SSSR count). The molecule has 1 amide bonds. The van der Waals surface area contributed by atoms with Crippen molar-refractivity contribution in [1.29, 1.82) is 0 Å². The fraction of sp³-hybridized carbons (Fsp3) is 0.400. The third-order valence-electron chi connectivity index (χ3n) is 3.70. The lowest BCUT2D eigenvalue weighted by molar-refractivity contribution is 0.103. The fourth-order valence-electron chi connectivity index (χ4n) is 2.47. The van der Waals surface area contributed by atoms with E-state index in [1.807, 2.05) is 47.5 Å². The van der Waals surface area contributed by atoms with Crippen molar-refractivity contribution >= 4 is 17.9 Å². The highest BCUT2D eigenvalue weighted by Gasteiger charge is 2.29. The largest absolute Gasteiger partial charge is 0.445 e. The Balaban J connectivity index is 1.52. The first-order valence-corrected chi connectivity index (χ1v) is 8.40. The average molecular weight is 318 g/mol. The minimum atomic E-state index is -0.267. The van der Waals surface area contributed by atoms with E-state index in [0.29, 0.717) is 19.7 Å². The first kappa shape index (κ1) is 14.9. The molecule has 116 valence electrons. The van der Waals surface area contributed by atoms with Crippen molar-refractivity contribution in [2.75, 3.05) is 19.3 Å². The highest BCUT2D eigenvalue weighted by Crippen LogP contribution is 2.23. The minimum absolute atomic E-state index is 0.178. The van der Waals surface area contributed by atoms with Crippen LogP contribution < -0.4 is 0 Å². The summed E-state index contributed by atoms with van der Waals surface area (Å²) in [5.74, 6) is 0. The highest BCUT2D eigenvalue weighted by molar-refractivity contribution is 7.98. The molecule has 22 heavy (non-hydrogen) atoms. The Kier molecular flexibility index (Phi) is 4.62. The summed E-state index contributed by atoms with van der Waals surface area (Å²) in [5.41, 5.74) is 0.993. The molecule has 0 spiro atoms. The van der Waals surface area contributed by atoms with E-state index in [4.69, 9.17) is 4.74 Å². The van der Waals surface area contributed by atoms with E-state index in [2.05, 4.69) is 10.3 Å². The molecule has 6 nitrogen and oxygen atoms in total. The summed E-state index contributed by atoms with van der Waals surface area (Å²) in [6, 6.07) is 9.88. The van der Waals surface area contributed by atoms with Gasteiger partial charge in [0, 0.05) is 13.1 Å². The zero-order chi connectivity index (χ0) is 15.4. The van der Waals surface area contributed by atoms with Gasteiger partial charge in [-0.15, -0.1) is 16.9 Å². The van der Waals surface area contributed by atoms with Crippen LogP contribution >= 0.6 is 11.8 Å². The predicted octanol–water partition coefficient (Wildman–Crippen LogP) is 2.58. The molecule has 0 saturated carbocycles. The quantitative estimate of drug-likeness (QED) is 0.811. The van der Waals surface area contributed by atoms with E-state index in [1.165, 1.54) is 0 Å². The number of benzene rings is 1. The Labute approximate surface area is 133 Å². The van der Waals surface area contributed by atoms with E-state index in [1.54, 1.807) is 16.7 Å². The molecule has 1 aromatic heterocycles. The van der Waals surface area contributed by atoms with Gasteiger partial charge in [-0.1, -0.05) is 35.5 Å². The summed E-state index contributed by atoms with van der Waals surface area (Å²) in [7, 11) is 0. The topological polar surface area (TPSA) is 60.2 Å². The van der Waals surface area contributed by atoms with Crippen molar-refractivity contribution in [2.45, 2.75) is 24.1 Å². The molecule has 2 aromatic rings. The number of carbonyl (C=O) groups is 1. The number of hydrogen-bond donors (Lipinski definition) is 0. The number of thioether (sulfide) groups is 1. The number of ether oxygens (including phenoxy) is 1. The van der Waals surface area contributed by atoms with Crippen LogP contribution in [0.25, 0.3) is 0 Å². The van der Waals surface area contributed by atoms with Crippen LogP contribution in [0.15, 0.2) is 41.6 Å². The first-order chi connectivity index (χ1) is 10.8. The van der Waals surface area contributed by atoms with Crippen molar-refractivity contribution in [3.05, 3.63) is 42.1 Å². The number of aromatic nitrogens is 3. The van der Waals surface area contributed by atoms with Crippen LogP contribution in [0, 0.1) is 0 Å². The number of rotatable bonds is 4. The Morgan fingerprint density at radius 3 is 2.95 bits per heavy atom. The van der Waals surface area contributed by atoms with Gasteiger partial charge < -0.3 is 9.64 Å². The van der Waals surface area contributed by atoms with Crippen LogP contribution in [0.3, 0.4) is 0 Å². The Morgan fingerprint density at radius 2 is 2.23 bits per heavy atom. The zero-order valence-electron chi connectivity index (χ0n) is 12.4. The van der Waals surface area contributed by atoms with Crippen molar-refractivity contribution < 1.29 is 9.53 Å². The molecule has 1 fully saturated rings. The Bertz CT molecular complexity index is 631. The summed E-state index contributed by atoms with van der Waals surface area (Å²) in [6.45, 7) is 1.61. The third-order valence-corrected chi connectivity index (χ3v) is 4.30. The van der Waals surface area contributed by atoms with Crippen LogP contribution in [0.2, 0.25) is 0 Å². The maximum absolute atomic E-state index is 12.1. The summed E-state index contributed by atoms with van der Waals surface area (Å²) in [6.07, 6.45) is 4.50. The second-order valence-corrected chi connectivity index (χ2v) is 6.00. The van der Waals surface area contributed by atoms with E-state index in [9.17, 15) is 4.79 Å². The van der Waals surface area contributed by atoms with E-state index >= 15 is 0 Å². The molecule has 2 heterocycles. The maximum Gasteiger partial charge on any atom is 0.410 e. The predicted molar refractivity (Wildman–Crippen MR) is 83.7 cm³/mol. The minimum Gasteiger partial charge on any atom is -0.445 e. The van der Waals surface area contributed by atoms with Gasteiger partial charge in [0.15, 0.2) is 0 Å². The van der Waals surface area contributed by atoms with Crippen molar-refractivity contribution in [3.8, 4) is 0 Å². The van der Waals surface area contributed by atoms with Crippen LogP contribution in [0.5, 0.6) is 0 Å². The van der Waals surface area contributed by atoms with Crippen LogP contribution in [-0.2, 0) is 11.3 Å². The van der Waals surface area contributed by atoms with Crippen LogP contribution in [0.4, 0.5) is 4.79 Å². The van der Waals surface area contributed by atoms with Gasteiger partial charge in [-0.2, -0.15) is 0 Å². The van der Waals surface area contributed by atoms with Gasteiger partial charge in [-0.25, -0.2) is 9.48 Å². The van der Waals surface area contributed by atoms with E-state index < -0.39 is 0 Å². The number of hydrogen-bond acceptors (Lipinski definition) is 5. The third kappa shape index (κ3) is 3.41. The van der Waals surface area contributed by atoms with Crippen LogP contribution in [-0.4, -0.2) is 45.3 Å². The first-order valence-electron chi connectivity index (χ1n) is 7.17. The van der Waals surface area contributed by atoms with Gasteiger partial charge in [-0.3, -0.25) is 0 Å². The molecule has 1 aliphatic rings. The molecule has 0 bridgehead atoms. The van der Waals surface area contributed by atoms with Gasteiger partial charge in [0.1, 0.15) is 11.6 Å². The van der Waals surface area contributed by atoms with Crippen LogP contribution in [0.1, 0.15) is 18.0 Å². The molecular weight excluding hydrogens is 300 g/mol. The van der Waals surface area contributed by atoms with Gasteiger partial charge in [-0.05, 0) is 18.2 Å². The normalized spacial score (nSPS) is 17.7. The summed E-state index contributed by atoms with van der Waals surface area (Å²) in [4.78, 5) is 13.8. The second-order valence-electron chi connectivity index (χ2n) is 5.17. The summed E-state index contributed by atoms with van der Waals surface area (Å²) < 4.78 is 7.20. The molecule has 1 saturated heterocycles. The molecule has 7 heteroatoms. The Morgan fingerprint density at radius 1 is 1.41 bits per heavy atom. The van der Waals surface area contributed by atoms with E-state index in [0.717, 1.165) is 17.0 Å². The van der Waals surface area contributed by atoms with E-state index in [-0.39, 0.29) is 12.1 Å². The van der Waals surface area contributed by atoms with Gasteiger partial charge in [0.2, 0.25) is 0 Å². The molecule has 0 N–H and O–H groups in total. The Hall–Kier alpha value is -2.02. The lowest BCUT2D eigenvalue weighted by Crippen LogP contribution is -2.29. The standard InChI is InChI=1S/C15H18N4O2S/c1-22-14-10-19(17-16-14)13-7-8-18(9-13)15(20)21-11-12-5-3-2-4-6-12/h2-6,10,13H,7-9,11H2,1H3/t13-/m0/s1. The monoisotopic (exact) mass is 318 g/mol. The number of likely N-dealkylation sites (tertiary alicyclic amines) is 1. The SMILES string of the molecule is CSc1cn([C@H]2CCN(C(=O)OCc3ccccc3)C2)nn1. The molecule has 0 unspecified atom stereocenters. The highest BCUT2D eigenvalue weighted by atomic mass is 32.2. The van der Waals surface area contributed by atoms with Crippen molar-refractivity contribution in [2.24, 2.45) is 0 Å². The fourth-order valence-corrected chi connectivity index (χ4v) is 2.80. The lowest BCUT2D eigenvalue weighted by atomic mass is 10.2. The summed E-state index contributed by atoms with van der Waals surface area (Å²) in [5, 5.41) is 9.08. The van der Waals surface area contributed by atoms with Crippen molar-refractivity contribution in [1.82, 2.24) is 19.9 Å². The lowest BCUT2D eigenvalue weighted by Gasteiger charge is -2.16. The summed E-state index contributed by atoms with van der Waals surface area (Å²) >= 11 is 1.56. The molecule has 0 radical (unpaired) electrons. The van der Waals surface area contributed by atoms with Gasteiger partial charge >= 0.3 is 6.09 Å². The number of amides is 1. The van der Waals surface area contributed by atoms with Gasteiger partial charge in [0.25, 0.3) is 0 Å². The number of nitrogens with zero attached hydrogens (tertiary/aromatic N) is 4. The average Bonchev–Trinajstić information content (AvgIpc) is 3.22. The molecule has 1 atom stereocenters. The molecule has 1 aromatic carbocycles. The maximum atomic E-state index is 12.1. The molecular formula is C15H18N4O2S. The zero-order valence-corrected chi connectivity index (χ0v) is 13.2. The van der Waals surface area contributed by atoms with Gasteiger partial charge in [0.05, 0.1) is 12.2 Å². The van der Waals surface area contributed by atoms with Crippen molar-refractivity contribution in [3.63, 3.8) is 0 Å². The second kappa shape index (κ2) is 6.83.